The van der Waals surface area contributed by atoms with E-state index in [4.69, 9.17) is 0 Å². The number of para-hydroxylation sites is 2. The van der Waals surface area contributed by atoms with Crippen LogP contribution in [0.4, 0.5) is 22.7 Å². The number of hydrogen-bond donors (Lipinski definition) is 1. The first-order valence-electron chi connectivity index (χ1n) is 10.2. The molecule has 0 bridgehead atoms. The number of benzene rings is 3. The summed E-state index contributed by atoms with van der Waals surface area (Å²) < 4.78 is 0. The topological polar surface area (TPSA) is 105 Å². The van der Waals surface area contributed by atoms with Crippen LogP contribution in [0, 0.1) is 17.0 Å². The average Bonchev–Trinajstić information content (AvgIpc) is 3.10. The van der Waals surface area contributed by atoms with Crippen LogP contribution >= 0.6 is 11.8 Å². The van der Waals surface area contributed by atoms with Crippen LogP contribution in [0.15, 0.2) is 83.9 Å². The highest BCUT2D eigenvalue weighted by molar-refractivity contribution is 8.16. The van der Waals surface area contributed by atoms with Gasteiger partial charge in [0.1, 0.15) is 5.25 Å². The highest BCUT2D eigenvalue weighted by Gasteiger charge is 2.40. The Balaban J connectivity index is 1.55. The molecule has 1 N–H and O–H groups in total. The molecule has 8 nitrogen and oxygen atoms in total. The summed E-state index contributed by atoms with van der Waals surface area (Å²) in [4.78, 5) is 42.7. The van der Waals surface area contributed by atoms with E-state index in [-0.39, 0.29) is 18.0 Å². The Morgan fingerprint density at radius 3 is 2.42 bits per heavy atom. The minimum atomic E-state index is -0.673. The predicted octanol–water partition coefficient (Wildman–Crippen LogP) is 5.07. The van der Waals surface area contributed by atoms with Crippen LogP contribution in [0.1, 0.15) is 12.0 Å². The molecule has 1 aliphatic rings. The molecule has 166 valence electrons. The number of rotatable bonds is 6. The number of amides is 2. The minimum Gasteiger partial charge on any atom is -0.326 e. The number of hydrogen-bond acceptors (Lipinski definition) is 6. The zero-order valence-corrected chi connectivity index (χ0v) is 18.5. The van der Waals surface area contributed by atoms with Gasteiger partial charge >= 0.3 is 0 Å². The molecule has 2 amide bonds. The predicted molar refractivity (Wildman–Crippen MR) is 130 cm³/mol. The lowest BCUT2D eigenvalue weighted by Gasteiger charge is -2.16. The third-order valence-corrected chi connectivity index (χ3v) is 6.13. The Morgan fingerprint density at radius 2 is 1.76 bits per heavy atom. The van der Waals surface area contributed by atoms with Gasteiger partial charge in [0.2, 0.25) is 11.8 Å². The van der Waals surface area contributed by atoms with Crippen molar-refractivity contribution in [2.75, 3.05) is 10.2 Å². The zero-order chi connectivity index (χ0) is 23.4. The molecule has 0 radical (unpaired) electrons. The van der Waals surface area contributed by atoms with Crippen LogP contribution < -0.4 is 10.2 Å². The van der Waals surface area contributed by atoms with Crippen molar-refractivity contribution >= 4 is 51.5 Å². The number of carbonyl (C=O) groups excluding carboxylic acids is 2. The molecule has 3 aromatic carbocycles. The molecule has 4 rings (SSSR count). The van der Waals surface area contributed by atoms with E-state index in [2.05, 4.69) is 10.3 Å². The number of carbonyl (C=O) groups is 2. The van der Waals surface area contributed by atoms with Crippen molar-refractivity contribution in [3.05, 3.63) is 94.5 Å². The van der Waals surface area contributed by atoms with Crippen LogP contribution in [-0.4, -0.2) is 27.2 Å². The molecule has 1 heterocycles. The van der Waals surface area contributed by atoms with E-state index in [1.807, 2.05) is 60.7 Å². The Kier molecular flexibility index (Phi) is 6.50. The Bertz CT molecular complexity index is 1230. The summed E-state index contributed by atoms with van der Waals surface area (Å²) in [6, 6.07) is 22.9. The Morgan fingerprint density at radius 1 is 1.09 bits per heavy atom. The average molecular weight is 461 g/mol. The second-order valence-electron chi connectivity index (χ2n) is 7.36. The van der Waals surface area contributed by atoms with Gasteiger partial charge in [0.05, 0.1) is 16.3 Å². The minimum absolute atomic E-state index is 0.0772. The number of aryl methyl sites for hydroxylation is 1. The highest BCUT2D eigenvalue weighted by Crippen LogP contribution is 2.35. The van der Waals surface area contributed by atoms with E-state index in [1.165, 1.54) is 22.7 Å². The van der Waals surface area contributed by atoms with E-state index in [9.17, 15) is 19.7 Å². The maximum absolute atomic E-state index is 13.2. The maximum atomic E-state index is 13.2. The molecule has 1 aliphatic heterocycles. The molecule has 9 heteroatoms. The van der Waals surface area contributed by atoms with Gasteiger partial charge in [0.15, 0.2) is 5.17 Å². The maximum Gasteiger partial charge on any atom is 0.274 e. The number of nitro groups is 1. The van der Waals surface area contributed by atoms with Crippen molar-refractivity contribution < 1.29 is 14.5 Å². The Labute approximate surface area is 194 Å². The first-order valence-corrected chi connectivity index (χ1v) is 11.0. The molecule has 0 saturated carbocycles. The fourth-order valence-corrected chi connectivity index (χ4v) is 4.52. The standard InChI is InChI=1S/C24H20N4O4S/c1-16-12-13-18(14-20(16)28(31)32)25-22(29)15-21-23(30)27(19-10-6-3-7-11-19)24(33-21)26-17-8-4-2-5-9-17/h2-14,21H,15H2,1H3,(H,25,29)/t21-/m1/s1. The molecule has 1 fully saturated rings. The summed E-state index contributed by atoms with van der Waals surface area (Å²) in [6.45, 7) is 1.63. The summed E-state index contributed by atoms with van der Waals surface area (Å²) in [5, 5.41) is 13.6. The molecule has 0 spiro atoms. The largest absolute Gasteiger partial charge is 0.326 e. The van der Waals surface area contributed by atoms with Gasteiger partial charge in [-0.25, -0.2) is 4.99 Å². The fraction of sp³-hybridized carbons (Fsp3) is 0.125. The summed E-state index contributed by atoms with van der Waals surface area (Å²) in [6.07, 6.45) is -0.0949. The molecule has 1 atom stereocenters. The van der Waals surface area contributed by atoms with E-state index in [0.29, 0.717) is 27.8 Å². The van der Waals surface area contributed by atoms with Gasteiger partial charge in [-0.1, -0.05) is 54.2 Å². The summed E-state index contributed by atoms with van der Waals surface area (Å²) >= 11 is 1.22. The molecular weight excluding hydrogens is 440 g/mol. The third kappa shape index (κ3) is 5.09. The van der Waals surface area contributed by atoms with Crippen LogP contribution in [0.5, 0.6) is 0 Å². The number of thioether (sulfide) groups is 1. The van der Waals surface area contributed by atoms with Crippen molar-refractivity contribution in [1.82, 2.24) is 0 Å². The van der Waals surface area contributed by atoms with Gasteiger partial charge in [-0.2, -0.15) is 0 Å². The number of nitrogens with one attached hydrogen (secondary N) is 1. The van der Waals surface area contributed by atoms with E-state index >= 15 is 0 Å². The molecule has 1 saturated heterocycles. The van der Waals surface area contributed by atoms with Gasteiger partial charge in [-0.05, 0) is 37.3 Å². The van der Waals surface area contributed by atoms with Gasteiger partial charge in [-0.15, -0.1) is 0 Å². The van der Waals surface area contributed by atoms with Crippen molar-refractivity contribution in [2.45, 2.75) is 18.6 Å². The number of amidine groups is 1. The van der Waals surface area contributed by atoms with Crippen molar-refractivity contribution in [3.63, 3.8) is 0 Å². The first kappa shape index (κ1) is 22.2. The summed E-state index contributed by atoms with van der Waals surface area (Å²) in [5.41, 5.74) is 2.10. The molecule has 0 unspecified atom stereocenters. The lowest BCUT2D eigenvalue weighted by Crippen LogP contribution is -2.33. The molecule has 3 aromatic rings. The zero-order valence-electron chi connectivity index (χ0n) is 17.7. The SMILES string of the molecule is Cc1ccc(NC(=O)C[C@H]2SC(=Nc3ccccc3)N(c3ccccc3)C2=O)cc1[N+](=O)[O-]. The highest BCUT2D eigenvalue weighted by atomic mass is 32.2. The smallest absolute Gasteiger partial charge is 0.274 e. The molecule has 0 aliphatic carbocycles. The lowest BCUT2D eigenvalue weighted by molar-refractivity contribution is -0.385. The van der Waals surface area contributed by atoms with Crippen molar-refractivity contribution in [2.24, 2.45) is 4.99 Å². The van der Waals surface area contributed by atoms with Crippen molar-refractivity contribution in [1.29, 1.82) is 0 Å². The number of nitrogens with zero attached hydrogens (tertiary/aromatic N) is 3. The van der Waals surface area contributed by atoms with Crippen molar-refractivity contribution in [3.8, 4) is 0 Å². The summed E-state index contributed by atoms with van der Waals surface area (Å²) in [7, 11) is 0. The number of aliphatic imine (C=N–C) groups is 1. The van der Waals surface area contributed by atoms with Crippen LogP contribution in [0.3, 0.4) is 0 Å². The van der Waals surface area contributed by atoms with Gasteiger partial charge in [0, 0.05) is 23.7 Å². The molecule has 0 aromatic heterocycles. The van der Waals surface area contributed by atoms with Gasteiger partial charge in [0.25, 0.3) is 5.69 Å². The van der Waals surface area contributed by atoms with Gasteiger partial charge < -0.3 is 5.32 Å². The second-order valence-corrected chi connectivity index (χ2v) is 8.53. The third-order valence-electron chi connectivity index (χ3n) is 4.99. The van der Waals surface area contributed by atoms with Crippen LogP contribution in [0.2, 0.25) is 0 Å². The summed E-state index contributed by atoms with van der Waals surface area (Å²) in [5.74, 6) is -0.654. The van der Waals surface area contributed by atoms with E-state index < -0.39 is 16.1 Å². The van der Waals surface area contributed by atoms with E-state index in [1.54, 1.807) is 19.1 Å². The second kappa shape index (κ2) is 9.66. The van der Waals surface area contributed by atoms with Crippen LogP contribution in [0.25, 0.3) is 0 Å². The fourth-order valence-electron chi connectivity index (χ4n) is 3.37. The normalized spacial score (nSPS) is 16.8. The molecular formula is C24H20N4O4S. The van der Waals surface area contributed by atoms with Gasteiger partial charge in [-0.3, -0.25) is 24.6 Å². The quantitative estimate of drug-likeness (QED) is 0.409. The monoisotopic (exact) mass is 460 g/mol. The lowest BCUT2D eigenvalue weighted by atomic mass is 10.1. The Hall–Kier alpha value is -3.98. The number of nitro benzene ring substituents is 1. The first-order chi connectivity index (χ1) is 15.9. The molecule has 33 heavy (non-hydrogen) atoms. The number of anilines is 2. The van der Waals surface area contributed by atoms with Crippen LogP contribution in [-0.2, 0) is 9.59 Å². The van der Waals surface area contributed by atoms with E-state index in [0.717, 1.165) is 0 Å².